The van der Waals surface area contributed by atoms with Crippen LogP contribution in [-0.2, 0) is 109 Å². The molecule has 0 aliphatic carbocycles. The summed E-state index contributed by atoms with van der Waals surface area (Å²) < 4.78 is 86.3. The molecule has 5 rings (SSSR count). The zero-order chi connectivity index (χ0) is 54.4. The lowest BCUT2D eigenvalue weighted by molar-refractivity contribution is -0.361. The van der Waals surface area contributed by atoms with Crippen LogP contribution in [0.1, 0.15) is 76.1 Å². The second-order valence-electron chi connectivity index (χ2n) is 16.6. The average molecular weight is 1050 g/mol. The molecule has 0 radical (unpaired) electrons. The number of hydrogen-bond donors (Lipinski definition) is 1. The highest BCUT2D eigenvalue weighted by Gasteiger charge is 2.59. The minimum absolute atomic E-state index is 0.0577. The molecule has 3 saturated heterocycles. The summed E-state index contributed by atoms with van der Waals surface area (Å²) in [6.07, 6.45) is -27.6. The third-order valence-electron chi connectivity index (χ3n) is 10.7. The van der Waals surface area contributed by atoms with E-state index in [0.29, 0.717) is 0 Å². The number of rotatable bonds is 19. The van der Waals surface area contributed by atoms with Gasteiger partial charge in [0.15, 0.2) is 67.7 Å². The third kappa shape index (κ3) is 16.2. The van der Waals surface area contributed by atoms with Crippen molar-refractivity contribution in [3.63, 3.8) is 0 Å². The summed E-state index contributed by atoms with van der Waals surface area (Å²) in [5, 5.41) is 11.9. The Morgan fingerprint density at radius 2 is 0.716 bits per heavy atom. The van der Waals surface area contributed by atoms with Crippen LogP contribution in [0.4, 0.5) is 0 Å². The first-order valence-corrected chi connectivity index (χ1v) is 22.8. The molecule has 1 N–H and O–H groups in total. The van der Waals surface area contributed by atoms with Gasteiger partial charge in [-0.1, -0.05) is 36.4 Å². The van der Waals surface area contributed by atoms with Crippen molar-refractivity contribution in [2.75, 3.05) is 19.8 Å². The normalized spacial score (nSPS) is 29.4. The quantitative estimate of drug-likeness (QED) is 0.150. The van der Waals surface area contributed by atoms with Gasteiger partial charge in [0.2, 0.25) is 0 Å². The van der Waals surface area contributed by atoms with Gasteiger partial charge in [-0.3, -0.25) is 38.4 Å². The van der Waals surface area contributed by atoms with E-state index in [4.69, 9.17) is 71.1 Å². The van der Waals surface area contributed by atoms with Crippen molar-refractivity contribution < 1.29 is 124 Å². The van der Waals surface area contributed by atoms with Crippen LogP contribution in [0.3, 0.4) is 0 Å². The van der Waals surface area contributed by atoms with E-state index in [9.17, 15) is 53.1 Å². The topological polar surface area (TPSA) is 329 Å². The zero-order valence-corrected chi connectivity index (χ0v) is 41.2. The zero-order valence-electron chi connectivity index (χ0n) is 41.2. The molecule has 0 amide bonds. The van der Waals surface area contributed by atoms with Gasteiger partial charge in [0.1, 0.15) is 37.6 Å². The van der Waals surface area contributed by atoms with Crippen LogP contribution >= 0.6 is 0 Å². The Hall–Kier alpha value is -7.10. The Bertz CT molecular complexity index is 2320. The number of benzene rings is 2. The molecule has 15 atom stereocenters. The maximum atomic E-state index is 14.2. The van der Waals surface area contributed by atoms with E-state index in [1.165, 1.54) is 48.5 Å². The number of aliphatic hydroxyl groups excluding tert-OH is 1. The number of esters is 10. The van der Waals surface area contributed by atoms with Gasteiger partial charge in [0.05, 0.1) is 17.7 Å². The highest BCUT2D eigenvalue weighted by Crippen LogP contribution is 2.37. The Labute approximate surface area is 422 Å². The summed E-state index contributed by atoms with van der Waals surface area (Å²) in [5.74, 6) is -9.66. The fourth-order valence-electron chi connectivity index (χ4n) is 7.95. The summed E-state index contributed by atoms with van der Waals surface area (Å²) in [5.41, 5.74) is -0.126. The maximum Gasteiger partial charge on any atom is 0.338 e. The van der Waals surface area contributed by atoms with E-state index in [1.807, 2.05) is 0 Å². The molecule has 0 unspecified atom stereocenters. The Morgan fingerprint density at radius 1 is 0.378 bits per heavy atom. The van der Waals surface area contributed by atoms with Crippen LogP contribution < -0.4 is 0 Å². The molecule has 26 heteroatoms. The van der Waals surface area contributed by atoms with Gasteiger partial charge in [-0.25, -0.2) is 9.59 Å². The Balaban J connectivity index is 1.67. The molecule has 3 fully saturated rings. The predicted molar refractivity (Wildman–Crippen MR) is 237 cm³/mol. The van der Waals surface area contributed by atoms with Crippen molar-refractivity contribution in [3.05, 3.63) is 71.8 Å². The van der Waals surface area contributed by atoms with Crippen molar-refractivity contribution in [2.45, 2.75) is 148 Å². The van der Waals surface area contributed by atoms with Crippen LogP contribution in [0.25, 0.3) is 0 Å². The molecule has 2 aromatic carbocycles. The summed E-state index contributed by atoms with van der Waals surface area (Å²) in [4.78, 5) is 128. The second kappa shape index (κ2) is 26.7. The maximum absolute atomic E-state index is 14.2. The van der Waals surface area contributed by atoms with Gasteiger partial charge >= 0.3 is 59.7 Å². The van der Waals surface area contributed by atoms with E-state index in [2.05, 4.69) is 0 Å². The van der Waals surface area contributed by atoms with Crippen LogP contribution in [0.2, 0.25) is 0 Å². The van der Waals surface area contributed by atoms with Gasteiger partial charge < -0.3 is 76.2 Å². The molecule has 3 aliphatic heterocycles. The minimum atomic E-state index is -2.27. The second-order valence-corrected chi connectivity index (χ2v) is 16.6. The van der Waals surface area contributed by atoms with Crippen molar-refractivity contribution in [1.82, 2.24) is 0 Å². The average Bonchev–Trinajstić information content (AvgIpc) is 3.32. The Kier molecular flexibility index (Phi) is 20.9. The summed E-state index contributed by atoms with van der Waals surface area (Å²) in [7, 11) is 0. The van der Waals surface area contributed by atoms with Crippen molar-refractivity contribution in [2.24, 2.45) is 0 Å². The van der Waals surface area contributed by atoms with E-state index in [-0.39, 0.29) is 11.1 Å². The fourth-order valence-corrected chi connectivity index (χ4v) is 7.95. The number of carbonyl (C=O) groups excluding carboxylic acids is 10. The monoisotopic (exact) mass is 1050 g/mol. The van der Waals surface area contributed by atoms with E-state index < -0.39 is 172 Å². The van der Waals surface area contributed by atoms with E-state index in [1.54, 1.807) is 12.1 Å². The van der Waals surface area contributed by atoms with Crippen LogP contribution in [0.5, 0.6) is 0 Å². The van der Waals surface area contributed by atoms with Gasteiger partial charge in [0, 0.05) is 55.4 Å². The van der Waals surface area contributed by atoms with Crippen molar-refractivity contribution >= 4 is 59.7 Å². The minimum Gasteiger partial charge on any atom is -0.463 e. The highest BCUT2D eigenvalue weighted by molar-refractivity contribution is 5.90. The fraction of sp³-hybridized carbons (Fsp3) is 0.542. The molecule has 2 aromatic rings. The van der Waals surface area contributed by atoms with Gasteiger partial charge in [-0.05, 0) is 24.3 Å². The number of hydrogen-bond acceptors (Lipinski definition) is 26. The van der Waals surface area contributed by atoms with Gasteiger partial charge in [0.25, 0.3) is 0 Å². The molecule has 74 heavy (non-hydrogen) atoms. The van der Waals surface area contributed by atoms with Gasteiger partial charge in [-0.15, -0.1) is 0 Å². The lowest BCUT2D eigenvalue weighted by Gasteiger charge is -2.48. The molecule has 0 bridgehead atoms. The number of aliphatic hydroxyl groups is 1. The predicted octanol–water partition coefficient (Wildman–Crippen LogP) is 0.723. The largest absolute Gasteiger partial charge is 0.463 e. The molecule has 3 aliphatic rings. The first kappa shape index (κ1) is 57.8. The molecule has 3 heterocycles. The number of ether oxygens (including phenoxy) is 15. The number of carbonyl (C=O) groups is 10. The molecule has 0 aromatic heterocycles. The van der Waals surface area contributed by atoms with Crippen LogP contribution in [0.15, 0.2) is 60.7 Å². The molecule has 26 nitrogen and oxygen atoms in total. The Morgan fingerprint density at radius 3 is 1.12 bits per heavy atom. The molecule has 404 valence electrons. The summed E-state index contributed by atoms with van der Waals surface area (Å²) in [6.45, 7) is 5.81. The van der Waals surface area contributed by atoms with E-state index in [0.717, 1.165) is 55.4 Å². The van der Waals surface area contributed by atoms with E-state index >= 15 is 0 Å². The third-order valence-corrected chi connectivity index (χ3v) is 10.7. The first-order chi connectivity index (χ1) is 35.0. The first-order valence-electron chi connectivity index (χ1n) is 22.8. The van der Waals surface area contributed by atoms with Crippen LogP contribution in [-0.4, -0.2) is 177 Å². The molecule has 0 spiro atoms. The highest BCUT2D eigenvalue weighted by atomic mass is 16.8. The molecular formula is C48H56O26. The molecular weight excluding hydrogens is 993 g/mol. The summed E-state index contributed by atoms with van der Waals surface area (Å²) >= 11 is 0. The van der Waals surface area contributed by atoms with Crippen molar-refractivity contribution in [1.29, 1.82) is 0 Å². The van der Waals surface area contributed by atoms with Crippen molar-refractivity contribution in [3.8, 4) is 0 Å². The standard InChI is InChI=1S/C48H56O26/c1-22(49)60-19-33-35(63-24(3)51)39(65-26(5)53)42(67-28(7)55)47(70-33)62-21-32-37(72-44(57)30-15-11-9-12-16-30)38(41(46(59)69-32)73-45(58)31-17-13-10-14-18-31)74-48-43(68-29(8)56)40(66-27(6)54)36(64-25(4)52)34(71-48)20-61-23(2)50/h9-18,32-43,46-48,59H,19-21H2,1-8H3/t32-,33-,34-,35-,36-,37-,38+,39+,40+,41+,42+,43+,46-,47+,48-/m1/s1. The SMILES string of the molecule is CC(=O)OC[C@H]1O[C@H](OC[C@H]2O[C@@H](O)[C@@H](OC(=O)c3ccccc3)[C@@H](O[C@H]3O[C@H](COC(C)=O)[C@@H](OC(C)=O)[C@H](OC(C)=O)[C@@H]3OC(C)=O)[C@@H]2OC(=O)c2ccccc2)[C@@H](OC(C)=O)[C@@H](OC(C)=O)[C@@H]1OC(C)=O. The smallest absolute Gasteiger partial charge is 0.338 e. The lowest BCUT2D eigenvalue weighted by atomic mass is 9.95. The molecule has 0 saturated carbocycles. The van der Waals surface area contributed by atoms with Gasteiger partial charge in [-0.2, -0.15) is 0 Å². The summed E-state index contributed by atoms with van der Waals surface area (Å²) in [6, 6.07) is 14.7. The van der Waals surface area contributed by atoms with Crippen LogP contribution in [0, 0.1) is 0 Å². The lowest BCUT2D eigenvalue weighted by Crippen LogP contribution is -2.67.